The number of hydrogen-bond acceptors (Lipinski definition) is 5. The van der Waals surface area contributed by atoms with Crippen LogP contribution in [0.15, 0.2) is 42.5 Å². The molecule has 206 valence electrons. The third-order valence-corrected chi connectivity index (χ3v) is 7.64. The Hall–Kier alpha value is -3.89. The van der Waals surface area contributed by atoms with Gasteiger partial charge in [-0.25, -0.2) is 4.79 Å². The maximum Gasteiger partial charge on any atom is 0.416 e. The smallest absolute Gasteiger partial charge is 0.416 e. The van der Waals surface area contributed by atoms with E-state index in [1.54, 1.807) is 24.3 Å². The molecule has 3 atom stereocenters. The third-order valence-electron chi connectivity index (χ3n) is 7.64. The molecule has 1 saturated heterocycles. The molecule has 0 spiro atoms. The van der Waals surface area contributed by atoms with Crippen molar-refractivity contribution in [3.8, 4) is 0 Å². The van der Waals surface area contributed by atoms with Gasteiger partial charge >= 0.3 is 12.3 Å². The molecule has 11 heteroatoms. The first-order valence-corrected chi connectivity index (χ1v) is 13.0. The third kappa shape index (κ3) is 5.76. The SMILES string of the molecule is O=C1CCC(N2Cc3ccc(CNC(=O)O[C@H]4CCC[C@@H](c5ccccc5C(F)(F)F)C4)cc3C2=O)C(=O)N1. The average molecular weight is 544 g/mol. The van der Waals surface area contributed by atoms with Crippen molar-refractivity contribution in [3.05, 3.63) is 70.3 Å². The van der Waals surface area contributed by atoms with Crippen LogP contribution in [0.25, 0.3) is 0 Å². The van der Waals surface area contributed by atoms with Gasteiger partial charge < -0.3 is 15.0 Å². The highest BCUT2D eigenvalue weighted by Gasteiger charge is 2.39. The van der Waals surface area contributed by atoms with Crippen LogP contribution in [0.2, 0.25) is 0 Å². The maximum atomic E-state index is 13.5. The van der Waals surface area contributed by atoms with E-state index in [0.717, 1.165) is 11.6 Å². The number of hydrogen-bond donors (Lipinski definition) is 2. The number of benzene rings is 2. The highest BCUT2D eigenvalue weighted by atomic mass is 19.4. The number of piperidine rings is 1. The molecule has 2 aliphatic heterocycles. The summed E-state index contributed by atoms with van der Waals surface area (Å²) < 4.78 is 46.0. The molecule has 1 aliphatic carbocycles. The molecule has 1 unspecified atom stereocenters. The monoisotopic (exact) mass is 543 g/mol. The number of imide groups is 1. The Bertz CT molecular complexity index is 1310. The second-order valence-electron chi connectivity index (χ2n) is 10.2. The number of alkyl carbamates (subject to hydrolysis) is 1. The minimum Gasteiger partial charge on any atom is -0.446 e. The van der Waals surface area contributed by atoms with Gasteiger partial charge in [0.15, 0.2) is 0 Å². The van der Waals surface area contributed by atoms with Crippen LogP contribution < -0.4 is 10.6 Å². The molecule has 2 N–H and O–H groups in total. The van der Waals surface area contributed by atoms with Crippen molar-refractivity contribution >= 4 is 23.8 Å². The van der Waals surface area contributed by atoms with Crippen LogP contribution in [0.3, 0.4) is 0 Å². The van der Waals surface area contributed by atoms with E-state index in [9.17, 15) is 32.3 Å². The molecule has 2 aromatic rings. The minimum atomic E-state index is -4.45. The lowest BCUT2D eigenvalue weighted by atomic mass is 9.80. The summed E-state index contributed by atoms with van der Waals surface area (Å²) in [4.78, 5) is 50.6. The number of halogens is 3. The maximum absolute atomic E-state index is 13.5. The molecule has 0 radical (unpaired) electrons. The van der Waals surface area contributed by atoms with Gasteiger partial charge in [0.05, 0.1) is 5.56 Å². The molecule has 2 heterocycles. The van der Waals surface area contributed by atoms with Gasteiger partial charge in [0.25, 0.3) is 5.91 Å². The van der Waals surface area contributed by atoms with Crippen molar-refractivity contribution in [2.45, 2.75) is 75.9 Å². The van der Waals surface area contributed by atoms with E-state index < -0.39 is 35.9 Å². The number of carbonyl (C=O) groups is 4. The summed E-state index contributed by atoms with van der Waals surface area (Å²) in [5.41, 5.74) is 1.43. The van der Waals surface area contributed by atoms with E-state index in [1.165, 1.54) is 17.0 Å². The molecule has 2 fully saturated rings. The van der Waals surface area contributed by atoms with Gasteiger partial charge in [-0.15, -0.1) is 0 Å². The fourth-order valence-corrected chi connectivity index (χ4v) is 5.72. The summed E-state index contributed by atoms with van der Waals surface area (Å²) in [6, 6.07) is 10.0. The van der Waals surface area contributed by atoms with Gasteiger partial charge in [-0.2, -0.15) is 13.2 Å². The molecular weight excluding hydrogens is 515 g/mol. The number of nitrogens with zero attached hydrogens (tertiary/aromatic N) is 1. The second kappa shape index (κ2) is 10.7. The molecule has 2 aromatic carbocycles. The molecule has 39 heavy (non-hydrogen) atoms. The summed E-state index contributed by atoms with van der Waals surface area (Å²) in [6.07, 6.45) is -3.07. The van der Waals surface area contributed by atoms with Gasteiger partial charge in [-0.1, -0.05) is 30.3 Å². The Balaban J connectivity index is 1.16. The lowest BCUT2D eigenvalue weighted by Crippen LogP contribution is -2.52. The zero-order valence-electron chi connectivity index (χ0n) is 21.1. The van der Waals surface area contributed by atoms with Crippen molar-refractivity contribution in [1.82, 2.24) is 15.5 Å². The summed E-state index contributed by atoms with van der Waals surface area (Å²) in [6.45, 7) is 0.349. The van der Waals surface area contributed by atoms with Crippen LogP contribution in [0, 0.1) is 0 Å². The molecule has 3 aliphatic rings. The van der Waals surface area contributed by atoms with E-state index in [0.29, 0.717) is 36.8 Å². The normalized spacial score (nSPS) is 23.3. The molecule has 0 aromatic heterocycles. The Kier molecular flexibility index (Phi) is 7.33. The van der Waals surface area contributed by atoms with Gasteiger partial charge in [0, 0.05) is 25.1 Å². The van der Waals surface area contributed by atoms with Gasteiger partial charge in [-0.05, 0) is 66.8 Å². The van der Waals surface area contributed by atoms with Crippen LogP contribution in [0.4, 0.5) is 18.0 Å². The van der Waals surface area contributed by atoms with Crippen LogP contribution in [0.5, 0.6) is 0 Å². The van der Waals surface area contributed by atoms with Crippen molar-refractivity contribution in [2.24, 2.45) is 0 Å². The van der Waals surface area contributed by atoms with Crippen LogP contribution >= 0.6 is 0 Å². The largest absolute Gasteiger partial charge is 0.446 e. The molecule has 8 nitrogen and oxygen atoms in total. The highest BCUT2D eigenvalue weighted by molar-refractivity contribution is 6.05. The van der Waals surface area contributed by atoms with E-state index in [-0.39, 0.29) is 49.2 Å². The number of fused-ring (bicyclic) bond motifs is 1. The second-order valence-corrected chi connectivity index (χ2v) is 10.2. The lowest BCUT2D eigenvalue weighted by Gasteiger charge is -2.30. The standard InChI is InChI=1S/C28H28F3N3O5/c29-28(30,31)22-7-2-1-6-20(22)17-4-3-5-19(13-17)39-27(38)32-14-16-8-9-18-15-34(26(37)21(18)12-16)23-10-11-24(35)33-25(23)36/h1-2,6-9,12,17,19,23H,3-5,10-11,13-15H2,(H,32,38)(H,33,35,36)/t17-,19+,23?/m1/s1. The number of alkyl halides is 3. The first-order chi connectivity index (χ1) is 18.6. The number of nitrogens with one attached hydrogen (secondary N) is 2. The summed E-state index contributed by atoms with van der Waals surface area (Å²) in [7, 11) is 0. The van der Waals surface area contributed by atoms with Crippen molar-refractivity contribution in [2.75, 3.05) is 0 Å². The van der Waals surface area contributed by atoms with Crippen molar-refractivity contribution in [3.63, 3.8) is 0 Å². The number of rotatable bonds is 5. The molecule has 5 rings (SSSR count). The Morgan fingerprint density at radius 2 is 1.87 bits per heavy atom. The summed E-state index contributed by atoms with van der Waals surface area (Å²) in [5.74, 6) is -1.50. The predicted molar refractivity (Wildman–Crippen MR) is 132 cm³/mol. The topological polar surface area (TPSA) is 105 Å². The Morgan fingerprint density at radius 1 is 1.08 bits per heavy atom. The van der Waals surface area contributed by atoms with Gasteiger partial charge in [-0.3, -0.25) is 19.7 Å². The van der Waals surface area contributed by atoms with Crippen molar-refractivity contribution < 1.29 is 37.1 Å². The molecular formula is C28H28F3N3O5. The van der Waals surface area contributed by atoms with Crippen LogP contribution in [-0.2, 0) is 33.6 Å². The summed E-state index contributed by atoms with van der Waals surface area (Å²) in [5, 5.41) is 4.93. The average Bonchev–Trinajstić information content (AvgIpc) is 3.22. The molecule has 1 saturated carbocycles. The Labute approximate surface area is 222 Å². The fraction of sp³-hybridized carbons (Fsp3) is 0.429. The number of ether oxygens (including phenoxy) is 1. The van der Waals surface area contributed by atoms with Crippen LogP contribution in [-0.4, -0.2) is 40.9 Å². The first kappa shape index (κ1) is 26.7. The zero-order chi connectivity index (χ0) is 27.7. The van der Waals surface area contributed by atoms with E-state index in [4.69, 9.17) is 4.74 Å². The molecule has 0 bridgehead atoms. The Morgan fingerprint density at radius 3 is 2.64 bits per heavy atom. The zero-order valence-corrected chi connectivity index (χ0v) is 21.1. The van der Waals surface area contributed by atoms with Gasteiger partial charge in [0.1, 0.15) is 12.1 Å². The van der Waals surface area contributed by atoms with Gasteiger partial charge in [0.2, 0.25) is 11.8 Å². The lowest BCUT2D eigenvalue weighted by molar-refractivity contribution is -0.139. The first-order valence-electron chi connectivity index (χ1n) is 13.0. The van der Waals surface area contributed by atoms with Crippen LogP contribution in [0.1, 0.15) is 77.1 Å². The predicted octanol–water partition coefficient (Wildman–Crippen LogP) is 4.42. The number of carbonyl (C=O) groups excluding carboxylic acids is 4. The van der Waals surface area contributed by atoms with Crippen molar-refractivity contribution in [1.29, 1.82) is 0 Å². The van der Waals surface area contributed by atoms with E-state index in [1.807, 2.05) is 0 Å². The fourth-order valence-electron chi connectivity index (χ4n) is 5.72. The number of amides is 4. The highest BCUT2D eigenvalue weighted by Crippen LogP contribution is 2.41. The van der Waals surface area contributed by atoms with E-state index in [2.05, 4.69) is 10.6 Å². The van der Waals surface area contributed by atoms with E-state index >= 15 is 0 Å². The molecule has 4 amide bonds. The summed E-state index contributed by atoms with van der Waals surface area (Å²) >= 11 is 0. The minimum absolute atomic E-state index is 0.0882. The quantitative estimate of drug-likeness (QED) is 0.544.